The molecule has 0 aromatic rings. The molecular weight excluding hydrogens is 206 g/mol. The van der Waals surface area contributed by atoms with E-state index in [1.165, 1.54) is 18.4 Å². The van der Waals surface area contributed by atoms with Crippen molar-refractivity contribution < 1.29 is 0 Å². The normalized spacial score (nSPS) is 25.4. The van der Waals surface area contributed by atoms with E-state index in [4.69, 9.17) is 0 Å². The van der Waals surface area contributed by atoms with Crippen molar-refractivity contribution in [3.05, 3.63) is 12.2 Å². The Morgan fingerprint density at radius 2 is 1.41 bits per heavy atom. The molecule has 1 saturated carbocycles. The molecule has 0 atom stereocenters. The zero-order valence-corrected chi connectivity index (χ0v) is 13.1. The minimum absolute atomic E-state index is 0.246. The first-order valence-electron chi connectivity index (χ1n) is 6.81. The van der Waals surface area contributed by atoms with Crippen LogP contribution in [0.15, 0.2) is 12.2 Å². The maximum Gasteiger partial charge on any atom is 0.0124 e. The summed E-state index contributed by atoms with van der Waals surface area (Å²) in [5.41, 5.74) is 2.18. The van der Waals surface area contributed by atoms with Crippen LogP contribution in [0.3, 0.4) is 0 Å². The Morgan fingerprint density at radius 1 is 1.06 bits per heavy atom. The van der Waals surface area contributed by atoms with E-state index in [0.717, 1.165) is 0 Å². The summed E-state index contributed by atoms with van der Waals surface area (Å²) in [6, 6.07) is 0.658. The molecule has 17 heavy (non-hydrogen) atoms. The first-order chi connectivity index (χ1) is 7.38. The van der Waals surface area contributed by atoms with Crippen molar-refractivity contribution in [2.45, 2.75) is 72.9 Å². The fourth-order valence-electron chi connectivity index (χ4n) is 3.23. The first-order valence-corrected chi connectivity index (χ1v) is 6.81. The van der Waals surface area contributed by atoms with Gasteiger partial charge in [-0.1, -0.05) is 39.8 Å². The molecule has 0 radical (unpaired) electrons. The van der Waals surface area contributed by atoms with Gasteiger partial charge in [0.2, 0.25) is 0 Å². The number of hydrogen-bond donors (Lipinski definition) is 0. The lowest BCUT2D eigenvalue weighted by Gasteiger charge is -2.52. The molecule has 0 aromatic carbocycles. The summed E-state index contributed by atoms with van der Waals surface area (Å²) in [6.45, 7) is 20.7. The molecule has 1 nitrogen and oxygen atoms in total. The van der Waals surface area contributed by atoms with Gasteiger partial charge in [0.1, 0.15) is 0 Å². The Bertz CT molecular complexity index is 284. The molecule has 0 aromatic heterocycles. The van der Waals surface area contributed by atoms with Crippen LogP contribution in [0, 0.1) is 10.8 Å². The highest BCUT2D eigenvalue weighted by Crippen LogP contribution is 2.51. The summed E-state index contributed by atoms with van der Waals surface area (Å²) in [5.74, 6) is 0. The van der Waals surface area contributed by atoms with Crippen molar-refractivity contribution >= 4 is 0 Å². The highest BCUT2D eigenvalue weighted by atomic mass is 15.2. The molecule has 0 N–H and O–H groups in total. The maximum absolute atomic E-state index is 4.36. The summed E-state index contributed by atoms with van der Waals surface area (Å²) in [6.07, 6.45) is 2.45. The van der Waals surface area contributed by atoms with Gasteiger partial charge in [-0.2, -0.15) is 0 Å². The molecule has 0 aliphatic heterocycles. The quantitative estimate of drug-likeness (QED) is 0.607. The van der Waals surface area contributed by atoms with Gasteiger partial charge < -0.3 is 0 Å². The molecule has 1 fully saturated rings. The molecule has 0 spiro atoms. The lowest BCUT2D eigenvalue weighted by molar-refractivity contribution is 0.0378. The van der Waals surface area contributed by atoms with Crippen LogP contribution in [0.1, 0.15) is 61.3 Å². The summed E-state index contributed by atoms with van der Waals surface area (Å²) in [7, 11) is 2.27. The topological polar surface area (TPSA) is 3.24 Å². The van der Waals surface area contributed by atoms with Gasteiger partial charge in [-0.3, -0.25) is 4.90 Å². The van der Waals surface area contributed by atoms with E-state index in [-0.39, 0.29) is 16.4 Å². The Balaban J connectivity index is 2.97. The highest BCUT2D eigenvalue weighted by molar-refractivity contribution is 5.21. The minimum atomic E-state index is 0.246. The van der Waals surface area contributed by atoms with Crippen molar-refractivity contribution in [1.29, 1.82) is 0 Å². The van der Waals surface area contributed by atoms with E-state index in [2.05, 4.69) is 67.0 Å². The van der Waals surface area contributed by atoms with Gasteiger partial charge in [0, 0.05) is 11.6 Å². The third-order valence-corrected chi connectivity index (χ3v) is 4.73. The SMILES string of the molecule is C=C1C(C)(C)CC(N(C)C(C)(C)C)CC1(C)C. The lowest BCUT2D eigenvalue weighted by atomic mass is 9.60. The average Bonchev–Trinajstić information content (AvgIpc) is 2.10. The van der Waals surface area contributed by atoms with Gasteiger partial charge in [-0.05, 0) is 51.5 Å². The molecule has 0 unspecified atom stereocenters. The second-order valence-corrected chi connectivity index (χ2v) is 8.09. The molecule has 1 aliphatic carbocycles. The Kier molecular flexibility index (Phi) is 3.58. The second kappa shape index (κ2) is 4.12. The van der Waals surface area contributed by atoms with Gasteiger partial charge >= 0.3 is 0 Å². The van der Waals surface area contributed by atoms with Gasteiger partial charge in [0.15, 0.2) is 0 Å². The Hall–Kier alpha value is -0.300. The third kappa shape index (κ3) is 2.93. The smallest absolute Gasteiger partial charge is 0.0124 e. The standard InChI is InChI=1S/C16H31N/c1-12-15(5,6)10-13(11-16(12,7)8)17(9)14(2,3)4/h13H,1,10-11H2,2-9H3. The third-order valence-electron chi connectivity index (χ3n) is 4.73. The lowest BCUT2D eigenvalue weighted by Crippen LogP contribution is -2.52. The van der Waals surface area contributed by atoms with Crippen molar-refractivity contribution in [3.8, 4) is 0 Å². The molecule has 0 bridgehead atoms. The molecule has 0 heterocycles. The monoisotopic (exact) mass is 237 g/mol. The zero-order chi connectivity index (χ0) is 13.6. The van der Waals surface area contributed by atoms with Gasteiger partial charge in [0.05, 0.1) is 0 Å². The van der Waals surface area contributed by atoms with Crippen molar-refractivity contribution in [2.24, 2.45) is 10.8 Å². The zero-order valence-electron chi connectivity index (χ0n) is 13.1. The van der Waals surface area contributed by atoms with Crippen LogP contribution in [0.2, 0.25) is 0 Å². The molecule has 0 saturated heterocycles. The number of allylic oxidation sites excluding steroid dienone is 1. The summed E-state index contributed by atoms with van der Waals surface area (Å²) in [5, 5.41) is 0. The molecule has 0 amide bonds. The van der Waals surface area contributed by atoms with Gasteiger partial charge in [0.25, 0.3) is 0 Å². The fourth-order valence-corrected chi connectivity index (χ4v) is 3.23. The largest absolute Gasteiger partial charge is 0.299 e. The van der Waals surface area contributed by atoms with E-state index >= 15 is 0 Å². The van der Waals surface area contributed by atoms with Crippen molar-refractivity contribution in [3.63, 3.8) is 0 Å². The van der Waals surface area contributed by atoms with Crippen LogP contribution in [-0.2, 0) is 0 Å². The van der Waals surface area contributed by atoms with Crippen LogP contribution < -0.4 is 0 Å². The van der Waals surface area contributed by atoms with E-state index < -0.39 is 0 Å². The predicted octanol–water partition coefficient (Wildman–Crippen LogP) is 4.49. The molecular formula is C16H31N. The van der Waals surface area contributed by atoms with Crippen LogP contribution in [-0.4, -0.2) is 23.5 Å². The average molecular weight is 237 g/mol. The van der Waals surface area contributed by atoms with Crippen molar-refractivity contribution in [2.75, 3.05) is 7.05 Å². The Labute approximate surface area is 108 Å². The van der Waals surface area contributed by atoms with Crippen molar-refractivity contribution in [1.82, 2.24) is 4.90 Å². The summed E-state index contributed by atoms with van der Waals surface area (Å²) < 4.78 is 0. The van der Waals surface area contributed by atoms with Gasteiger partial charge in [-0.15, -0.1) is 0 Å². The Morgan fingerprint density at radius 3 is 1.71 bits per heavy atom. The van der Waals surface area contributed by atoms with E-state index in [1.54, 1.807) is 0 Å². The molecule has 1 rings (SSSR count). The minimum Gasteiger partial charge on any atom is -0.299 e. The molecule has 100 valence electrons. The fraction of sp³-hybridized carbons (Fsp3) is 0.875. The maximum atomic E-state index is 4.36. The van der Waals surface area contributed by atoms with E-state index in [1.807, 2.05) is 0 Å². The second-order valence-electron chi connectivity index (χ2n) is 8.09. The number of nitrogens with zero attached hydrogens (tertiary/aromatic N) is 1. The predicted molar refractivity (Wildman–Crippen MR) is 77.2 cm³/mol. The van der Waals surface area contributed by atoms with Gasteiger partial charge in [-0.25, -0.2) is 0 Å². The number of hydrogen-bond acceptors (Lipinski definition) is 1. The first kappa shape index (κ1) is 14.8. The van der Waals surface area contributed by atoms with Crippen LogP contribution in [0.5, 0.6) is 0 Å². The van der Waals surface area contributed by atoms with Crippen LogP contribution >= 0.6 is 0 Å². The van der Waals surface area contributed by atoms with E-state index in [0.29, 0.717) is 6.04 Å². The van der Waals surface area contributed by atoms with Crippen LogP contribution in [0.4, 0.5) is 0 Å². The van der Waals surface area contributed by atoms with Crippen LogP contribution in [0.25, 0.3) is 0 Å². The summed E-state index contributed by atoms with van der Waals surface area (Å²) in [4.78, 5) is 2.54. The highest BCUT2D eigenvalue weighted by Gasteiger charge is 2.44. The molecule has 1 heteroatoms. The number of rotatable bonds is 1. The molecule has 1 aliphatic rings. The van der Waals surface area contributed by atoms with E-state index in [9.17, 15) is 0 Å². The summed E-state index contributed by atoms with van der Waals surface area (Å²) >= 11 is 0.